The monoisotopic (exact) mass is 244 g/mol. The van der Waals surface area contributed by atoms with Gasteiger partial charge < -0.3 is 35.4 Å². The van der Waals surface area contributed by atoms with Gasteiger partial charge in [-0.15, -0.1) is 5.56 Å². The minimum Gasteiger partial charge on any atom is -0.748 e. The summed E-state index contributed by atoms with van der Waals surface area (Å²) in [6.07, 6.45) is 0.132. The molecule has 15 heavy (non-hydrogen) atoms. The number of rotatable bonds is 2. The Morgan fingerprint density at radius 3 is 1.80 bits per heavy atom. The minimum atomic E-state index is -0.777. The molecule has 0 aliphatic heterocycles. The molecule has 3 heteroatoms. The van der Waals surface area contributed by atoms with E-state index in [1.165, 1.54) is 0 Å². The molecule has 2 aromatic carbocycles. The second-order valence-corrected chi connectivity index (χ2v) is 2.83. The third kappa shape index (κ3) is 6.72. The predicted molar refractivity (Wildman–Crippen MR) is 55.4 cm³/mol. The molecule has 0 fully saturated rings. The van der Waals surface area contributed by atoms with E-state index in [0.717, 1.165) is 5.56 Å². The Kier molecular flexibility index (Phi) is 7.33. The zero-order chi connectivity index (χ0) is 10.2. The van der Waals surface area contributed by atoms with Crippen LogP contribution in [0.5, 0.6) is 0 Å². The fourth-order valence-corrected chi connectivity index (χ4v) is 1.03. The van der Waals surface area contributed by atoms with Crippen LogP contribution >= 0.6 is 0 Å². The van der Waals surface area contributed by atoms with Gasteiger partial charge in [0.2, 0.25) is 0 Å². The first-order chi connectivity index (χ1) is 6.79. The summed E-state index contributed by atoms with van der Waals surface area (Å²) in [6, 6.07) is 17.3. The summed E-state index contributed by atoms with van der Waals surface area (Å²) >= 11 is 0. The SMILES string of the molecule is O=C(O)C[c-]1cccc1.[Fe].[cH-]1[cH-][cH-][cH-][cH-]1. The van der Waals surface area contributed by atoms with E-state index in [-0.39, 0.29) is 23.5 Å². The maximum Gasteiger partial charge on any atom is 0.296 e. The van der Waals surface area contributed by atoms with E-state index < -0.39 is 5.97 Å². The molecule has 2 rings (SSSR count). The standard InChI is InChI=1S/C7H7O2.C5H5.Fe/c8-7(9)5-6-3-1-2-4-6;1-2-4-5-3-1;/h1-4H,5H2,(H,8,9);1-5H;/q-1;-5;. The van der Waals surface area contributed by atoms with Gasteiger partial charge in [0.25, 0.3) is 5.97 Å². The van der Waals surface area contributed by atoms with E-state index in [2.05, 4.69) is 0 Å². The van der Waals surface area contributed by atoms with E-state index in [0.29, 0.717) is 0 Å². The van der Waals surface area contributed by atoms with Crippen molar-refractivity contribution in [3.8, 4) is 0 Å². The Hall–Kier alpha value is -1.31. The third-order valence-corrected chi connectivity index (χ3v) is 1.64. The molecule has 2 nitrogen and oxygen atoms in total. The van der Waals surface area contributed by atoms with Crippen LogP contribution in [0.15, 0.2) is 54.6 Å². The van der Waals surface area contributed by atoms with E-state index in [9.17, 15) is 4.79 Å². The van der Waals surface area contributed by atoms with Crippen molar-refractivity contribution < 1.29 is 27.0 Å². The molecule has 86 valence electrons. The topological polar surface area (TPSA) is 37.3 Å². The Morgan fingerprint density at radius 1 is 1.07 bits per heavy atom. The maximum atomic E-state index is 10.1. The van der Waals surface area contributed by atoms with Gasteiger partial charge in [0.05, 0.1) is 0 Å². The Labute approximate surface area is 99.8 Å². The van der Waals surface area contributed by atoms with E-state index >= 15 is 0 Å². The second kappa shape index (κ2) is 8.04. The zero-order valence-corrected chi connectivity index (χ0v) is 9.22. The van der Waals surface area contributed by atoms with Gasteiger partial charge in [-0.1, -0.05) is 0 Å². The molecular weight excluding hydrogens is 232 g/mol. The number of hydrogen-bond donors (Lipinski definition) is 1. The van der Waals surface area contributed by atoms with Crippen LogP contribution < -0.4 is 0 Å². The quantitative estimate of drug-likeness (QED) is 0.650. The molecule has 1 N–H and O–H groups in total. The van der Waals surface area contributed by atoms with Gasteiger partial charge in [0.1, 0.15) is 0 Å². The minimum absolute atomic E-state index is 0. The van der Waals surface area contributed by atoms with Gasteiger partial charge in [0.15, 0.2) is 0 Å². The molecule has 0 atom stereocenters. The molecule has 0 heterocycles. The molecule has 0 aromatic heterocycles. The van der Waals surface area contributed by atoms with Crippen molar-refractivity contribution in [1.82, 2.24) is 0 Å². The maximum absolute atomic E-state index is 10.1. The molecule has 0 unspecified atom stereocenters. The fraction of sp³-hybridized carbons (Fsp3) is 0.0833. The number of hydrogen-bond acceptors (Lipinski definition) is 1. The van der Waals surface area contributed by atoms with Crippen LogP contribution in [0.1, 0.15) is 5.56 Å². The molecule has 0 aliphatic rings. The summed E-state index contributed by atoms with van der Waals surface area (Å²) < 4.78 is 0. The van der Waals surface area contributed by atoms with Crippen LogP contribution in [-0.4, -0.2) is 11.1 Å². The molecular formula is C12H12FeO2-6. The van der Waals surface area contributed by atoms with Crippen LogP contribution in [-0.2, 0) is 28.3 Å². The van der Waals surface area contributed by atoms with E-state index in [1.54, 1.807) is 12.1 Å². The van der Waals surface area contributed by atoms with Gasteiger partial charge in [-0.2, -0.15) is 12.1 Å². The first-order valence-corrected chi connectivity index (χ1v) is 4.38. The second-order valence-electron chi connectivity index (χ2n) is 2.83. The summed E-state index contributed by atoms with van der Waals surface area (Å²) in [4.78, 5) is 10.1. The van der Waals surface area contributed by atoms with Crippen LogP contribution in [0.3, 0.4) is 0 Å². The summed E-state index contributed by atoms with van der Waals surface area (Å²) in [5.74, 6) is -0.777. The molecule has 0 aliphatic carbocycles. The largest absolute Gasteiger partial charge is 0.748 e. The summed E-state index contributed by atoms with van der Waals surface area (Å²) in [6.45, 7) is 0. The number of carboxylic acid groups (broad SMARTS) is 1. The van der Waals surface area contributed by atoms with Crippen LogP contribution in [0.4, 0.5) is 0 Å². The Morgan fingerprint density at radius 2 is 1.47 bits per heavy atom. The predicted octanol–water partition coefficient (Wildman–Crippen LogP) is 2.44. The summed E-state index contributed by atoms with van der Waals surface area (Å²) in [5.41, 5.74) is 0.863. The van der Waals surface area contributed by atoms with Crippen molar-refractivity contribution in [1.29, 1.82) is 0 Å². The molecule has 0 saturated heterocycles. The van der Waals surface area contributed by atoms with Crippen molar-refractivity contribution in [3.05, 3.63) is 60.2 Å². The molecule has 2 aromatic rings. The number of carboxylic acids is 1. The first kappa shape index (κ1) is 13.7. The molecule has 0 spiro atoms. The van der Waals surface area contributed by atoms with Crippen LogP contribution in [0, 0.1) is 0 Å². The zero-order valence-electron chi connectivity index (χ0n) is 8.11. The van der Waals surface area contributed by atoms with Crippen molar-refractivity contribution in [2.24, 2.45) is 0 Å². The van der Waals surface area contributed by atoms with Crippen molar-refractivity contribution >= 4 is 5.97 Å². The number of carbonyl (C=O) groups is 1. The van der Waals surface area contributed by atoms with Crippen molar-refractivity contribution in [2.45, 2.75) is 6.42 Å². The van der Waals surface area contributed by atoms with Gasteiger partial charge in [-0.25, -0.2) is 12.1 Å². The molecule has 0 radical (unpaired) electrons. The summed E-state index contributed by atoms with van der Waals surface area (Å²) in [5, 5.41) is 8.29. The van der Waals surface area contributed by atoms with E-state index in [1.807, 2.05) is 42.5 Å². The number of aliphatic carboxylic acids is 1. The Bertz CT molecular complexity index is 318. The van der Waals surface area contributed by atoms with Gasteiger partial charge in [0, 0.05) is 23.5 Å². The van der Waals surface area contributed by atoms with Crippen LogP contribution in [0.25, 0.3) is 0 Å². The smallest absolute Gasteiger partial charge is 0.296 e. The van der Waals surface area contributed by atoms with Crippen molar-refractivity contribution in [2.75, 3.05) is 0 Å². The average Bonchev–Trinajstić information content (AvgIpc) is 2.75. The molecule has 0 bridgehead atoms. The first-order valence-electron chi connectivity index (χ1n) is 4.38. The molecule has 0 saturated carbocycles. The van der Waals surface area contributed by atoms with Gasteiger partial charge in [-0.05, 0) is 0 Å². The van der Waals surface area contributed by atoms with Gasteiger partial charge >= 0.3 is 0 Å². The fourth-order valence-electron chi connectivity index (χ4n) is 1.03. The summed E-state index contributed by atoms with van der Waals surface area (Å²) in [7, 11) is 0. The third-order valence-electron chi connectivity index (χ3n) is 1.64. The Balaban J connectivity index is 0.000000280. The van der Waals surface area contributed by atoms with Crippen molar-refractivity contribution in [3.63, 3.8) is 0 Å². The van der Waals surface area contributed by atoms with Crippen LogP contribution in [0.2, 0.25) is 0 Å². The molecule has 0 amide bonds. The normalized spacial score (nSPS) is 8.27. The average molecular weight is 244 g/mol. The van der Waals surface area contributed by atoms with Gasteiger partial charge in [-0.3, -0.25) is 4.79 Å². The van der Waals surface area contributed by atoms with E-state index in [4.69, 9.17) is 5.11 Å².